The van der Waals surface area contributed by atoms with Crippen LogP contribution >= 0.6 is 0 Å². The van der Waals surface area contributed by atoms with Crippen molar-refractivity contribution in [2.75, 3.05) is 12.5 Å². The number of rotatable bonds is 5. The second kappa shape index (κ2) is 7.23. The van der Waals surface area contributed by atoms with E-state index in [1.165, 1.54) is 0 Å². The molecular formula is C18H20N4O3. The molecule has 2 aromatic carbocycles. The summed E-state index contributed by atoms with van der Waals surface area (Å²) in [4.78, 5) is 16.8. The van der Waals surface area contributed by atoms with E-state index in [-0.39, 0.29) is 18.4 Å². The fourth-order valence-electron chi connectivity index (χ4n) is 2.40. The minimum Gasteiger partial charge on any atom is -0.454 e. The van der Waals surface area contributed by atoms with Crippen LogP contribution in [0, 0.1) is 0 Å². The van der Waals surface area contributed by atoms with Crippen molar-refractivity contribution in [3.63, 3.8) is 0 Å². The maximum atomic E-state index is 12.5. The van der Waals surface area contributed by atoms with Crippen LogP contribution in [-0.4, -0.2) is 24.5 Å². The van der Waals surface area contributed by atoms with Crippen molar-refractivity contribution in [3.05, 3.63) is 48.0 Å². The summed E-state index contributed by atoms with van der Waals surface area (Å²) < 4.78 is 10.6. The zero-order valence-electron chi connectivity index (χ0n) is 13.9. The van der Waals surface area contributed by atoms with E-state index in [1.807, 2.05) is 18.2 Å². The molecule has 0 spiro atoms. The first-order chi connectivity index (χ1) is 12.0. The molecule has 7 nitrogen and oxygen atoms in total. The lowest BCUT2D eigenvalue weighted by molar-refractivity contribution is -0.115. The van der Waals surface area contributed by atoms with Gasteiger partial charge in [-0.15, -0.1) is 0 Å². The van der Waals surface area contributed by atoms with Gasteiger partial charge in [0.2, 0.25) is 6.79 Å². The molecule has 1 atom stereocenters. The zero-order chi connectivity index (χ0) is 17.8. The Morgan fingerprint density at radius 3 is 2.76 bits per heavy atom. The van der Waals surface area contributed by atoms with Gasteiger partial charge >= 0.3 is 0 Å². The molecule has 2 aromatic rings. The van der Waals surface area contributed by atoms with Gasteiger partial charge in [0.1, 0.15) is 5.71 Å². The lowest BCUT2D eigenvalue weighted by atomic mass is 10.1. The Bertz CT molecular complexity index is 818. The molecule has 0 bridgehead atoms. The molecule has 1 aliphatic rings. The van der Waals surface area contributed by atoms with Crippen LogP contribution in [0.5, 0.6) is 11.5 Å². The van der Waals surface area contributed by atoms with Crippen LogP contribution in [0.15, 0.2) is 47.5 Å². The first-order valence-corrected chi connectivity index (χ1v) is 7.90. The quantitative estimate of drug-likeness (QED) is 0.567. The Labute approximate surface area is 145 Å². The molecule has 1 aliphatic heterocycles. The molecule has 25 heavy (non-hydrogen) atoms. The number of nitrogens with one attached hydrogen (secondary N) is 1. The minimum absolute atomic E-state index is 0.213. The van der Waals surface area contributed by atoms with Crippen LogP contribution in [0.25, 0.3) is 0 Å². The van der Waals surface area contributed by atoms with Crippen molar-refractivity contribution in [2.45, 2.75) is 19.5 Å². The number of nitrogens with zero attached hydrogens (tertiary/aromatic N) is 1. The number of hydrogen-bond donors (Lipinski definition) is 3. The Hall–Kier alpha value is -3.06. The monoisotopic (exact) mass is 340 g/mol. The number of fused-ring (bicyclic) bond motifs is 1. The summed E-state index contributed by atoms with van der Waals surface area (Å²) in [6.45, 7) is 2.24. The van der Waals surface area contributed by atoms with Gasteiger partial charge in [-0.2, -0.15) is 0 Å². The van der Waals surface area contributed by atoms with Crippen LogP contribution in [0.3, 0.4) is 0 Å². The predicted octanol–water partition coefficient (Wildman–Crippen LogP) is 1.73. The lowest BCUT2D eigenvalue weighted by Crippen LogP contribution is -2.40. The van der Waals surface area contributed by atoms with Gasteiger partial charge in [0, 0.05) is 12.6 Å². The van der Waals surface area contributed by atoms with Crippen LogP contribution < -0.4 is 26.3 Å². The number of nitrogen functional groups attached to an aromatic ring is 1. The highest BCUT2D eigenvalue weighted by Crippen LogP contribution is 2.32. The Kier molecular flexibility index (Phi) is 4.85. The van der Waals surface area contributed by atoms with Crippen molar-refractivity contribution in [1.29, 1.82) is 0 Å². The van der Waals surface area contributed by atoms with E-state index in [4.69, 9.17) is 20.9 Å². The van der Waals surface area contributed by atoms with Gasteiger partial charge < -0.3 is 26.3 Å². The molecule has 0 saturated heterocycles. The molecule has 130 valence electrons. The van der Waals surface area contributed by atoms with E-state index in [1.54, 1.807) is 31.2 Å². The first kappa shape index (κ1) is 16.8. The molecule has 1 heterocycles. The van der Waals surface area contributed by atoms with Crippen molar-refractivity contribution < 1.29 is 14.3 Å². The summed E-state index contributed by atoms with van der Waals surface area (Å²) in [5.41, 5.74) is 13.9. The van der Waals surface area contributed by atoms with Gasteiger partial charge in [-0.3, -0.25) is 4.79 Å². The molecule has 5 N–H and O–H groups in total. The number of ether oxygens (including phenoxy) is 2. The van der Waals surface area contributed by atoms with Crippen molar-refractivity contribution in [2.24, 2.45) is 10.7 Å². The van der Waals surface area contributed by atoms with E-state index in [9.17, 15) is 4.79 Å². The number of nitrogens with two attached hydrogens (primary N) is 2. The summed E-state index contributed by atoms with van der Waals surface area (Å²) in [6, 6.07) is 12.1. The number of benzene rings is 2. The third kappa shape index (κ3) is 3.89. The van der Waals surface area contributed by atoms with E-state index in [0.29, 0.717) is 29.4 Å². The third-order valence-electron chi connectivity index (χ3n) is 3.73. The first-order valence-electron chi connectivity index (χ1n) is 7.90. The normalized spacial score (nSPS) is 14.2. The van der Waals surface area contributed by atoms with Crippen LogP contribution in [0.1, 0.15) is 12.5 Å². The maximum Gasteiger partial charge on any atom is 0.267 e. The number of anilines is 1. The summed E-state index contributed by atoms with van der Waals surface area (Å²) in [7, 11) is 0. The Morgan fingerprint density at radius 2 is 2.00 bits per heavy atom. The number of carbonyl (C=O) groups is 1. The lowest BCUT2D eigenvalue weighted by Gasteiger charge is -2.12. The largest absolute Gasteiger partial charge is 0.454 e. The predicted molar refractivity (Wildman–Crippen MR) is 96.0 cm³/mol. The summed E-state index contributed by atoms with van der Waals surface area (Å²) in [5, 5.41) is 2.82. The highest BCUT2D eigenvalue weighted by molar-refractivity contribution is 6.41. The van der Waals surface area contributed by atoms with Gasteiger partial charge in [-0.05, 0) is 36.8 Å². The van der Waals surface area contributed by atoms with E-state index in [0.717, 1.165) is 5.56 Å². The molecule has 0 radical (unpaired) electrons. The van der Waals surface area contributed by atoms with Gasteiger partial charge in [0.25, 0.3) is 5.91 Å². The average Bonchev–Trinajstić information content (AvgIpc) is 3.06. The highest BCUT2D eigenvalue weighted by Gasteiger charge is 2.18. The topological polar surface area (TPSA) is 112 Å². The van der Waals surface area contributed by atoms with E-state index in [2.05, 4.69) is 10.3 Å². The third-order valence-corrected chi connectivity index (χ3v) is 3.73. The van der Waals surface area contributed by atoms with Crippen LogP contribution in [-0.2, 0) is 11.3 Å². The van der Waals surface area contributed by atoms with Gasteiger partial charge in [0.15, 0.2) is 11.5 Å². The molecule has 1 amide bonds. The van der Waals surface area contributed by atoms with E-state index >= 15 is 0 Å². The summed E-state index contributed by atoms with van der Waals surface area (Å²) in [6.07, 6.45) is 0. The van der Waals surface area contributed by atoms with Crippen LogP contribution in [0.2, 0.25) is 0 Å². The number of hydrogen-bond acceptors (Lipinski definition) is 6. The fourth-order valence-corrected chi connectivity index (χ4v) is 2.40. The van der Waals surface area contributed by atoms with Gasteiger partial charge in [0.05, 0.1) is 11.4 Å². The minimum atomic E-state index is -0.531. The summed E-state index contributed by atoms with van der Waals surface area (Å²) >= 11 is 0. The van der Waals surface area contributed by atoms with Crippen molar-refractivity contribution >= 4 is 23.0 Å². The molecule has 0 aromatic heterocycles. The second-order valence-corrected chi connectivity index (χ2v) is 5.71. The molecule has 0 aliphatic carbocycles. The highest BCUT2D eigenvalue weighted by atomic mass is 16.7. The SMILES string of the molecule is C[C@@H](N)C(=Nc1ccccc1N)C(=O)NCc1ccc2c(c1)OCO2. The van der Waals surface area contributed by atoms with Crippen molar-refractivity contribution in [1.82, 2.24) is 5.32 Å². The fraction of sp³-hybridized carbons (Fsp3) is 0.222. The molecule has 0 saturated carbocycles. The standard InChI is InChI=1S/C18H20N4O3/c1-11(19)17(22-14-5-3-2-4-13(14)20)18(23)21-9-12-6-7-15-16(8-12)25-10-24-15/h2-8,11H,9-10,19-20H2,1H3,(H,21,23)/t11-/m1/s1. The van der Waals surface area contributed by atoms with Crippen molar-refractivity contribution in [3.8, 4) is 11.5 Å². The van der Waals surface area contributed by atoms with Gasteiger partial charge in [-0.1, -0.05) is 18.2 Å². The molecule has 7 heteroatoms. The number of aliphatic imine (C=N–C) groups is 1. The van der Waals surface area contributed by atoms with Gasteiger partial charge in [-0.25, -0.2) is 4.99 Å². The van der Waals surface area contributed by atoms with E-state index < -0.39 is 6.04 Å². The number of para-hydroxylation sites is 2. The number of amides is 1. The average molecular weight is 340 g/mol. The molecule has 0 unspecified atom stereocenters. The Balaban J connectivity index is 1.72. The smallest absolute Gasteiger partial charge is 0.267 e. The zero-order valence-corrected chi connectivity index (χ0v) is 13.9. The summed E-state index contributed by atoms with van der Waals surface area (Å²) in [5.74, 6) is 1.04. The Morgan fingerprint density at radius 1 is 1.24 bits per heavy atom. The maximum absolute atomic E-state index is 12.5. The molecule has 0 fully saturated rings. The number of carbonyl (C=O) groups excluding carboxylic acids is 1. The molecular weight excluding hydrogens is 320 g/mol. The van der Waals surface area contributed by atoms with Crippen LogP contribution in [0.4, 0.5) is 11.4 Å². The molecule has 3 rings (SSSR count). The second-order valence-electron chi connectivity index (χ2n) is 5.71.